The molecule has 1 heterocycles. The Morgan fingerprint density at radius 2 is 1.88 bits per heavy atom. The molecule has 0 saturated heterocycles. The van der Waals surface area contributed by atoms with E-state index >= 15 is 0 Å². The number of carbonyl (C=O) groups excluding carboxylic acids is 1. The molecule has 0 aliphatic carbocycles. The van der Waals surface area contributed by atoms with Gasteiger partial charge in [0.25, 0.3) is 0 Å². The van der Waals surface area contributed by atoms with Crippen molar-refractivity contribution in [3.63, 3.8) is 0 Å². The van der Waals surface area contributed by atoms with Crippen LogP contribution in [-0.2, 0) is 20.2 Å². The van der Waals surface area contributed by atoms with Crippen molar-refractivity contribution in [2.45, 2.75) is 17.6 Å². The van der Waals surface area contributed by atoms with Gasteiger partial charge in [0, 0.05) is 22.8 Å². The Kier molecular flexibility index (Phi) is 6.50. The van der Waals surface area contributed by atoms with Crippen LogP contribution >= 0.6 is 31.9 Å². The van der Waals surface area contributed by atoms with Crippen molar-refractivity contribution in [1.82, 2.24) is 4.98 Å². The van der Waals surface area contributed by atoms with Gasteiger partial charge in [0.15, 0.2) is 6.61 Å². The Morgan fingerprint density at radius 1 is 1.29 bits per heavy atom. The number of rotatable bonds is 6. The van der Waals surface area contributed by atoms with E-state index in [1.165, 1.54) is 0 Å². The number of aromatic nitrogens is 1. The molecule has 0 spiro atoms. The lowest BCUT2D eigenvalue weighted by molar-refractivity contribution is -0.145. The Hall–Kier alpha value is -0.620. The van der Waals surface area contributed by atoms with Crippen LogP contribution in [0.2, 0.25) is 0 Å². The molecule has 0 saturated carbocycles. The molecule has 0 aromatic carbocycles. The van der Waals surface area contributed by atoms with Crippen LogP contribution in [-0.4, -0.2) is 24.2 Å². The van der Waals surface area contributed by atoms with Crippen molar-refractivity contribution in [3.8, 4) is 5.75 Å². The summed E-state index contributed by atoms with van der Waals surface area (Å²) in [5.74, 6) is 0.252. The molecule has 0 radical (unpaired) electrons. The maximum atomic E-state index is 11.1. The first-order valence-electron chi connectivity index (χ1n) is 5.09. The van der Waals surface area contributed by atoms with Gasteiger partial charge in [0.1, 0.15) is 5.75 Å². The second-order valence-corrected chi connectivity index (χ2v) is 4.27. The average Bonchev–Trinajstić information content (AvgIpc) is 2.36. The van der Waals surface area contributed by atoms with Crippen LogP contribution in [0.3, 0.4) is 0 Å². The lowest BCUT2D eigenvalue weighted by Gasteiger charge is -2.08. The van der Waals surface area contributed by atoms with E-state index in [1.54, 1.807) is 19.1 Å². The molecular formula is C11H13Br2NO3. The maximum Gasteiger partial charge on any atom is 0.344 e. The molecule has 4 nitrogen and oxygen atoms in total. The number of ether oxygens (including phenoxy) is 2. The first-order valence-corrected chi connectivity index (χ1v) is 7.34. The van der Waals surface area contributed by atoms with Crippen LogP contribution in [0.1, 0.15) is 18.3 Å². The van der Waals surface area contributed by atoms with Crippen LogP contribution in [0.5, 0.6) is 5.75 Å². The van der Waals surface area contributed by atoms with Crippen LogP contribution in [0.4, 0.5) is 0 Å². The zero-order chi connectivity index (χ0) is 12.7. The molecule has 0 unspecified atom stereocenters. The fraction of sp³-hybridized carbons (Fsp3) is 0.455. The van der Waals surface area contributed by atoms with Crippen molar-refractivity contribution in [1.29, 1.82) is 0 Å². The van der Waals surface area contributed by atoms with Crippen LogP contribution in [0, 0.1) is 0 Å². The molecule has 0 aliphatic rings. The van der Waals surface area contributed by atoms with Gasteiger partial charge in [-0.1, -0.05) is 31.9 Å². The van der Waals surface area contributed by atoms with E-state index in [9.17, 15) is 4.79 Å². The van der Waals surface area contributed by atoms with Crippen molar-refractivity contribution in [2.75, 3.05) is 13.2 Å². The fourth-order valence-electron chi connectivity index (χ4n) is 1.18. The number of nitrogens with zero attached hydrogens (tertiary/aromatic N) is 1. The Labute approximate surface area is 117 Å². The normalized spacial score (nSPS) is 10.1. The molecule has 0 bridgehead atoms. The van der Waals surface area contributed by atoms with Gasteiger partial charge >= 0.3 is 5.97 Å². The Morgan fingerprint density at radius 3 is 2.35 bits per heavy atom. The summed E-state index contributed by atoms with van der Waals surface area (Å²) in [6.45, 7) is 2.04. The number of carbonyl (C=O) groups is 1. The minimum Gasteiger partial charge on any atom is -0.482 e. The first kappa shape index (κ1) is 14.4. The third kappa shape index (κ3) is 5.04. The van der Waals surface area contributed by atoms with Gasteiger partial charge in [0.2, 0.25) is 0 Å². The highest BCUT2D eigenvalue weighted by Crippen LogP contribution is 2.17. The molecule has 6 heteroatoms. The van der Waals surface area contributed by atoms with E-state index in [0.717, 1.165) is 11.4 Å². The number of alkyl halides is 2. The average molecular weight is 367 g/mol. The SMILES string of the molecule is CCOC(=O)COc1cc(CBr)nc(CBr)c1. The van der Waals surface area contributed by atoms with Crippen molar-refractivity contribution >= 4 is 37.8 Å². The molecule has 1 aromatic rings. The highest BCUT2D eigenvalue weighted by Gasteiger charge is 2.06. The molecule has 94 valence electrons. The highest BCUT2D eigenvalue weighted by molar-refractivity contribution is 9.08. The molecule has 0 atom stereocenters. The van der Waals surface area contributed by atoms with Gasteiger partial charge in [-0.3, -0.25) is 4.98 Å². The largest absolute Gasteiger partial charge is 0.482 e. The second kappa shape index (κ2) is 7.66. The predicted octanol–water partition coefficient (Wildman–Crippen LogP) is 2.81. The zero-order valence-electron chi connectivity index (χ0n) is 9.41. The number of pyridine rings is 1. The van der Waals surface area contributed by atoms with Gasteiger partial charge in [-0.25, -0.2) is 4.79 Å². The summed E-state index contributed by atoms with van der Waals surface area (Å²) in [6, 6.07) is 3.58. The molecule has 0 aliphatic heterocycles. The summed E-state index contributed by atoms with van der Waals surface area (Å²) in [6.07, 6.45) is 0. The van der Waals surface area contributed by atoms with Crippen molar-refractivity contribution < 1.29 is 14.3 Å². The molecule has 0 fully saturated rings. The molecular weight excluding hydrogens is 354 g/mol. The van der Waals surface area contributed by atoms with Crippen molar-refractivity contribution in [3.05, 3.63) is 23.5 Å². The molecule has 1 rings (SSSR count). The van der Waals surface area contributed by atoms with E-state index in [2.05, 4.69) is 36.8 Å². The fourth-order valence-corrected chi connectivity index (χ4v) is 1.76. The van der Waals surface area contributed by atoms with Crippen LogP contribution in [0.15, 0.2) is 12.1 Å². The monoisotopic (exact) mass is 365 g/mol. The van der Waals surface area contributed by atoms with Gasteiger partial charge in [-0.05, 0) is 6.92 Å². The smallest absolute Gasteiger partial charge is 0.344 e. The summed E-state index contributed by atoms with van der Waals surface area (Å²) in [4.78, 5) is 15.5. The van der Waals surface area contributed by atoms with E-state index in [0.29, 0.717) is 23.0 Å². The minimum absolute atomic E-state index is 0.0820. The van der Waals surface area contributed by atoms with Gasteiger partial charge in [0.05, 0.1) is 18.0 Å². The number of hydrogen-bond acceptors (Lipinski definition) is 4. The predicted molar refractivity (Wildman–Crippen MR) is 71.6 cm³/mol. The quantitative estimate of drug-likeness (QED) is 0.573. The maximum absolute atomic E-state index is 11.1. The van der Waals surface area contributed by atoms with E-state index in [4.69, 9.17) is 9.47 Å². The third-order valence-corrected chi connectivity index (χ3v) is 2.99. The standard InChI is InChI=1S/C11H13Br2NO3/c1-2-16-11(15)7-17-10-3-8(5-12)14-9(4-10)6-13/h3-4H,2,5-7H2,1H3. The van der Waals surface area contributed by atoms with E-state index in [-0.39, 0.29) is 12.6 Å². The topological polar surface area (TPSA) is 48.4 Å². The summed E-state index contributed by atoms with van der Waals surface area (Å²) >= 11 is 6.67. The zero-order valence-corrected chi connectivity index (χ0v) is 12.6. The number of hydrogen-bond donors (Lipinski definition) is 0. The number of esters is 1. The molecule has 1 aromatic heterocycles. The summed E-state index contributed by atoms with van der Waals surface area (Å²) in [5.41, 5.74) is 1.72. The van der Waals surface area contributed by atoms with Gasteiger partial charge in [-0.15, -0.1) is 0 Å². The van der Waals surface area contributed by atoms with Crippen LogP contribution < -0.4 is 4.74 Å². The van der Waals surface area contributed by atoms with E-state index < -0.39 is 0 Å². The summed E-state index contributed by atoms with van der Waals surface area (Å²) in [7, 11) is 0. The first-order chi connectivity index (χ1) is 8.19. The number of halogens is 2. The molecule has 0 amide bonds. The Bertz CT molecular complexity index is 363. The molecule has 17 heavy (non-hydrogen) atoms. The highest BCUT2D eigenvalue weighted by atomic mass is 79.9. The van der Waals surface area contributed by atoms with Gasteiger partial charge < -0.3 is 9.47 Å². The second-order valence-electron chi connectivity index (χ2n) is 3.15. The summed E-state index contributed by atoms with van der Waals surface area (Å²) < 4.78 is 10.1. The Balaban J connectivity index is 2.66. The minimum atomic E-state index is -0.370. The third-order valence-electron chi connectivity index (χ3n) is 1.84. The lowest BCUT2D eigenvalue weighted by Crippen LogP contribution is -2.14. The van der Waals surface area contributed by atoms with E-state index in [1.807, 2.05) is 0 Å². The van der Waals surface area contributed by atoms with Crippen molar-refractivity contribution in [2.24, 2.45) is 0 Å². The summed E-state index contributed by atoms with van der Waals surface area (Å²) in [5, 5.41) is 1.28. The van der Waals surface area contributed by atoms with Gasteiger partial charge in [-0.2, -0.15) is 0 Å². The molecule has 0 N–H and O–H groups in total. The lowest BCUT2D eigenvalue weighted by atomic mass is 10.3. The van der Waals surface area contributed by atoms with Crippen LogP contribution in [0.25, 0.3) is 0 Å².